The zero-order chi connectivity index (χ0) is 15.8. The normalized spacial score (nSPS) is 24.4. The van der Waals surface area contributed by atoms with E-state index in [1.807, 2.05) is 17.9 Å². The summed E-state index contributed by atoms with van der Waals surface area (Å²) in [6.45, 7) is 2.05. The van der Waals surface area contributed by atoms with Crippen molar-refractivity contribution in [2.24, 2.45) is 5.73 Å². The van der Waals surface area contributed by atoms with Gasteiger partial charge in [0.05, 0.1) is 6.04 Å². The Morgan fingerprint density at radius 1 is 1.13 bits per heavy atom. The second-order valence-electron chi connectivity index (χ2n) is 6.93. The molecule has 6 heteroatoms. The molecule has 2 heterocycles. The first kappa shape index (κ1) is 14.8. The standard InChI is InChI=1S/C17H24N6/c1-11-16(15-5-3-2-4-12(15)10-19-11)17-20-22-23(21-17)14-8-6-13(18)7-9-14/h10,13-14H,2-9,18H2,1H3. The van der Waals surface area contributed by atoms with Crippen LogP contribution in [0.25, 0.3) is 11.4 Å². The molecule has 2 aliphatic rings. The maximum Gasteiger partial charge on any atom is 0.207 e. The number of nitrogens with two attached hydrogens (primary N) is 1. The monoisotopic (exact) mass is 312 g/mol. The zero-order valence-corrected chi connectivity index (χ0v) is 13.7. The SMILES string of the molecule is Cc1ncc2c(c1-c1nnn(C3CCC(N)CC3)n1)CCCC2. The molecule has 2 N–H and O–H groups in total. The number of hydrogen-bond acceptors (Lipinski definition) is 5. The predicted molar refractivity (Wildman–Crippen MR) is 87.9 cm³/mol. The van der Waals surface area contributed by atoms with Crippen molar-refractivity contribution < 1.29 is 0 Å². The molecule has 1 saturated carbocycles. The van der Waals surface area contributed by atoms with E-state index in [0.717, 1.165) is 55.6 Å². The van der Waals surface area contributed by atoms with Gasteiger partial charge in [0, 0.05) is 23.5 Å². The molecule has 0 saturated heterocycles. The minimum Gasteiger partial charge on any atom is -0.328 e. The molecule has 0 amide bonds. The van der Waals surface area contributed by atoms with Gasteiger partial charge in [-0.15, -0.1) is 10.2 Å². The van der Waals surface area contributed by atoms with Gasteiger partial charge in [-0.05, 0) is 74.6 Å². The smallest absolute Gasteiger partial charge is 0.207 e. The van der Waals surface area contributed by atoms with Gasteiger partial charge in [-0.3, -0.25) is 4.98 Å². The lowest BCUT2D eigenvalue weighted by molar-refractivity contribution is 0.277. The summed E-state index contributed by atoms with van der Waals surface area (Å²) in [5.74, 6) is 0.739. The lowest BCUT2D eigenvalue weighted by Crippen LogP contribution is -2.28. The first-order chi connectivity index (χ1) is 11.2. The van der Waals surface area contributed by atoms with E-state index in [0.29, 0.717) is 12.1 Å². The maximum absolute atomic E-state index is 5.99. The number of aryl methyl sites for hydroxylation is 2. The van der Waals surface area contributed by atoms with Crippen LogP contribution in [0.4, 0.5) is 0 Å². The van der Waals surface area contributed by atoms with E-state index in [1.165, 1.54) is 24.0 Å². The van der Waals surface area contributed by atoms with Crippen molar-refractivity contribution >= 4 is 0 Å². The van der Waals surface area contributed by atoms with Crippen molar-refractivity contribution in [3.05, 3.63) is 23.0 Å². The molecule has 0 spiro atoms. The Morgan fingerprint density at radius 2 is 1.91 bits per heavy atom. The molecule has 4 rings (SSSR count). The molecule has 0 aromatic carbocycles. The minimum atomic E-state index is 0.335. The van der Waals surface area contributed by atoms with Gasteiger partial charge >= 0.3 is 0 Å². The van der Waals surface area contributed by atoms with Crippen LogP contribution >= 0.6 is 0 Å². The number of hydrogen-bond donors (Lipinski definition) is 1. The van der Waals surface area contributed by atoms with Gasteiger partial charge in [0.15, 0.2) is 0 Å². The van der Waals surface area contributed by atoms with Crippen molar-refractivity contribution in [2.75, 3.05) is 0 Å². The maximum atomic E-state index is 5.99. The fraction of sp³-hybridized carbons (Fsp3) is 0.647. The third kappa shape index (κ3) is 2.76. The van der Waals surface area contributed by atoms with Crippen molar-refractivity contribution in [2.45, 2.75) is 70.4 Å². The molecule has 2 aromatic heterocycles. The topological polar surface area (TPSA) is 82.5 Å². The summed E-state index contributed by atoms with van der Waals surface area (Å²) in [6.07, 6.45) is 10.9. The van der Waals surface area contributed by atoms with Crippen LogP contribution in [0.15, 0.2) is 6.20 Å². The highest BCUT2D eigenvalue weighted by atomic mass is 15.6. The molecule has 1 fully saturated rings. The molecule has 0 bridgehead atoms. The average molecular weight is 312 g/mol. The molecule has 6 nitrogen and oxygen atoms in total. The molecule has 0 unspecified atom stereocenters. The van der Waals surface area contributed by atoms with Gasteiger partial charge in [0.1, 0.15) is 0 Å². The van der Waals surface area contributed by atoms with Crippen LogP contribution in [0, 0.1) is 6.92 Å². The third-order valence-corrected chi connectivity index (χ3v) is 5.31. The number of nitrogens with zero attached hydrogens (tertiary/aromatic N) is 5. The minimum absolute atomic E-state index is 0.335. The first-order valence-electron chi connectivity index (χ1n) is 8.75. The van der Waals surface area contributed by atoms with Crippen molar-refractivity contribution in [1.29, 1.82) is 0 Å². The molecule has 0 radical (unpaired) electrons. The second kappa shape index (κ2) is 6.00. The van der Waals surface area contributed by atoms with E-state index in [4.69, 9.17) is 10.8 Å². The summed E-state index contributed by atoms with van der Waals surface area (Å²) in [7, 11) is 0. The lowest BCUT2D eigenvalue weighted by Gasteiger charge is -2.24. The van der Waals surface area contributed by atoms with Crippen LogP contribution in [0.1, 0.15) is 61.4 Å². The molecule has 2 aromatic rings. The molecular formula is C17H24N6. The number of pyridine rings is 1. The van der Waals surface area contributed by atoms with Crippen LogP contribution < -0.4 is 5.73 Å². The number of aromatic nitrogens is 5. The summed E-state index contributed by atoms with van der Waals surface area (Å²) in [4.78, 5) is 6.38. The van der Waals surface area contributed by atoms with Gasteiger partial charge in [-0.25, -0.2) is 0 Å². The van der Waals surface area contributed by atoms with Gasteiger partial charge in [0.25, 0.3) is 0 Å². The summed E-state index contributed by atoms with van der Waals surface area (Å²) < 4.78 is 0. The Balaban J connectivity index is 1.67. The van der Waals surface area contributed by atoms with Crippen LogP contribution in [-0.2, 0) is 12.8 Å². The largest absolute Gasteiger partial charge is 0.328 e. The van der Waals surface area contributed by atoms with Gasteiger partial charge < -0.3 is 5.73 Å². The quantitative estimate of drug-likeness (QED) is 0.920. The predicted octanol–water partition coefficient (Wildman–Crippen LogP) is 2.36. The summed E-state index contributed by atoms with van der Waals surface area (Å²) in [5.41, 5.74) is 10.9. The van der Waals surface area contributed by atoms with E-state index in [9.17, 15) is 0 Å². The summed E-state index contributed by atoms with van der Waals surface area (Å²) in [5, 5.41) is 13.4. The average Bonchev–Trinajstić information content (AvgIpc) is 3.05. The van der Waals surface area contributed by atoms with E-state index in [1.54, 1.807) is 0 Å². The molecule has 2 aliphatic carbocycles. The van der Waals surface area contributed by atoms with E-state index in [-0.39, 0.29) is 0 Å². The zero-order valence-electron chi connectivity index (χ0n) is 13.7. The Morgan fingerprint density at radius 3 is 2.74 bits per heavy atom. The van der Waals surface area contributed by atoms with Crippen molar-refractivity contribution in [1.82, 2.24) is 25.2 Å². The van der Waals surface area contributed by atoms with E-state index >= 15 is 0 Å². The van der Waals surface area contributed by atoms with Crippen LogP contribution in [-0.4, -0.2) is 31.2 Å². The highest BCUT2D eigenvalue weighted by Crippen LogP contribution is 2.32. The van der Waals surface area contributed by atoms with E-state index in [2.05, 4.69) is 15.3 Å². The second-order valence-corrected chi connectivity index (χ2v) is 6.93. The molecular weight excluding hydrogens is 288 g/mol. The number of tetrazole rings is 1. The van der Waals surface area contributed by atoms with Gasteiger partial charge in [-0.1, -0.05) is 0 Å². The number of fused-ring (bicyclic) bond motifs is 1. The molecule has 0 aliphatic heterocycles. The Labute approximate surface area is 136 Å². The fourth-order valence-electron chi connectivity index (χ4n) is 3.92. The number of rotatable bonds is 2. The third-order valence-electron chi connectivity index (χ3n) is 5.31. The molecule has 23 heavy (non-hydrogen) atoms. The van der Waals surface area contributed by atoms with Crippen molar-refractivity contribution in [3.8, 4) is 11.4 Å². The highest BCUT2D eigenvalue weighted by Gasteiger charge is 2.24. The van der Waals surface area contributed by atoms with Crippen LogP contribution in [0.2, 0.25) is 0 Å². The molecule has 122 valence electrons. The lowest BCUT2D eigenvalue weighted by atomic mass is 9.88. The Kier molecular flexibility index (Phi) is 3.85. The Hall–Kier alpha value is -1.82. The highest BCUT2D eigenvalue weighted by molar-refractivity contribution is 5.64. The Bertz CT molecular complexity index is 699. The fourth-order valence-corrected chi connectivity index (χ4v) is 3.92. The van der Waals surface area contributed by atoms with Gasteiger partial charge in [0.2, 0.25) is 5.82 Å². The van der Waals surface area contributed by atoms with E-state index < -0.39 is 0 Å². The van der Waals surface area contributed by atoms with Crippen LogP contribution in [0.3, 0.4) is 0 Å². The first-order valence-corrected chi connectivity index (χ1v) is 8.75. The summed E-state index contributed by atoms with van der Waals surface area (Å²) >= 11 is 0. The van der Waals surface area contributed by atoms with Gasteiger partial charge in [-0.2, -0.15) is 4.80 Å². The summed E-state index contributed by atoms with van der Waals surface area (Å²) in [6, 6.07) is 0.672. The van der Waals surface area contributed by atoms with Crippen LogP contribution in [0.5, 0.6) is 0 Å². The molecule has 0 atom stereocenters. The van der Waals surface area contributed by atoms with Crippen molar-refractivity contribution in [3.63, 3.8) is 0 Å².